The summed E-state index contributed by atoms with van der Waals surface area (Å²) in [4.78, 5) is 0. The maximum atomic E-state index is 5.96. The zero-order valence-electron chi connectivity index (χ0n) is 5.02. The van der Waals surface area contributed by atoms with Crippen LogP contribution in [0, 0.1) is 0 Å². The Morgan fingerprint density at radius 2 is 2.20 bits per heavy atom. The van der Waals surface area contributed by atoms with Crippen LogP contribution >= 0.6 is 67.8 Å². The fraction of sp³-hybridized carbons (Fsp3) is 0.333. The molecule has 1 rings (SSSR count). The van der Waals surface area contributed by atoms with Gasteiger partial charge in [0.2, 0.25) is 0 Å². The predicted molar refractivity (Wildman–Crippen MR) is 70.0 cm³/mol. The van der Waals surface area contributed by atoms with Crippen molar-refractivity contribution in [2.24, 2.45) is 5.73 Å². The Balaban J connectivity index is 2.89. The Morgan fingerprint density at radius 1 is 1.60 bits per heavy atom. The average molecular weight is 473 g/mol. The van der Waals surface area contributed by atoms with E-state index in [-0.39, 0.29) is 3.55 Å². The lowest BCUT2D eigenvalue weighted by Gasteiger charge is -2.27. The molecular weight excluding hydrogens is 467 g/mol. The maximum absolute atomic E-state index is 5.96. The van der Waals surface area contributed by atoms with Crippen molar-refractivity contribution in [2.45, 2.75) is 7.47 Å². The maximum Gasteiger partial charge on any atom is 0.103 e. The van der Waals surface area contributed by atoms with Crippen LogP contribution in [-0.2, 0) is 0 Å². The first-order chi connectivity index (χ1) is 4.54. The van der Waals surface area contributed by atoms with Crippen molar-refractivity contribution in [1.29, 1.82) is 0 Å². The summed E-state index contributed by atoms with van der Waals surface area (Å²) in [5.41, 5.74) is 5.96. The lowest BCUT2D eigenvalue weighted by atomic mass is 10.1. The molecule has 2 atom stereocenters. The molecule has 2 N–H and O–H groups in total. The highest BCUT2D eigenvalue weighted by Gasteiger charge is 2.30. The van der Waals surface area contributed by atoms with Crippen molar-refractivity contribution in [2.75, 3.05) is 0 Å². The summed E-state index contributed by atoms with van der Waals surface area (Å²) >= 11 is 6.96. The molecule has 0 saturated heterocycles. The van der Waals surface area contributed by atoms with Crippen LogP contribution in [0.25, 0.3) is 0 Å². The third-order valence-corrected chi connectivity index (χ3v) is 7.29. The van der Waals surface area contributed by atoms with Gasteiger partial charge in [-0.2, -0.15) is 0 Å². The lowest BCUT2D eigenvalue weighted by Crippen LogP contribution is -2.40. The molecule has 1 nitrogen and oxygen atoms in total. The average Bonchev–Trinajstić information content (AvgIpc) is 1.83. The molecule has 0 amide bonds. The van der Waals surface area contributed by atoms with Crippen LogP contribution in [0.3, 0.4) is 0 Å². The number of halogens is 3. The molecule has 0 heterocycles. The van der Waals surface area contributed by atoms with E-state index < -0.39 is 0 Å². The van der Waals surface area contributed by atoms with Crippen molar-refractivity contribution in [3.63, 3.8) is 0 Å². The molecule has 0 aromatic heterocycles. The van der Waals surface area contributed by atoms with Crippen LogP contribution in [0.4, 0.5) is 0 Å². The number of hydrogen-bond donors (Lipinski definition) is 1. The largest absolute Gasteiger partial charge is 0.313 e. The van der Waals surface area contributed by atoms with Crippen molar-refractivity contribution in [1.82, 2.24) is 0 Å². The van der Waals surface area contributed by atoms with Crippen LogP contribution < -0.4 is 5.73 Å². The summed E-state index contributed by atoms with van der Waals surface area (Å²) in [5.74, 6) is 0. The summed E-state index contributed by atoms with van der Waals surface area (Å²) in [6.45, 7) is 0. The van der Waals surface area contributed by atoms with Crippen LogP contribution in [-0.4, -0.2) is 7.47 Å². The quantitative estimate of drug-likeness (QED) is 0.327. The van der Waals surface area contributed by atoms with Crippen molar-refractivity contribution in [3.8, 4) is 0 Å². The standard InChI is InChI=1S/C6H6I3N/c7-4-2-1-3-6(9,10)5(4)8/h1-3,5H,10H2. The van der Waals surface area contributed by atoms with Gasteiger partial charge in [-0.3, -0.25) is 0 Å². The number of nitrogens with two attached hydrogens (primary N) is 1. The molecule has 0 saturated carbocycles. The van der Waals surface area contributed by atoms with Gasteiger partial charge in [0.1, 0.15) is 3.55 Å². The van der Waals surface area contributed by atoms with E-state index in [9.17, 15) is 0 Å². The fourth-order valence-electron chi connectivity index (χ4n) is 0.668. The van der Waals surface area contributed by atoms with E-state index in [1.807, 2.05) is 12.2 Å². The molecule has 56 valence electrons. The predicted octanol–water partition coefficient (Wildman–Crippen LogP) is 2.77. The molecule has 4 heteroatoms. The topological polar surface area (TPSA) is 26.0 Å². The molecule has 0 spiro atoms. The fourth-order valence-corrected chi connectivity index (χ4v) is 2.94. The molecule has 2 unspecified atom stereocenters. The van der Waals surface area contributed by atoms with Gasteiger partial charge < -0.3 is 5.73 Å². The van der Waals surface area contributed by atoms with Gasteiger partial charge in [-0.15, -0.1) is 0 Å². The van der Waals surface area contributed by atoms with Gasteiger partial charge in [-0.25, -0.2) is 0 Å². The number of rotatable bonds is 0. The van der Waals surface area contributed by atoms with E-state index >= 15 is 0 Å². The Morgan fingerprint density at radius 3 is 2.60 bits per heavy atom. The first-order valence-electron chi connectivity index (χ1n) is 2.71. The van der Waals surface area contributed by atoms with E-state index in [1.54, 1.807) is 0 Å². The minimum absolute atomic E-state index is 0.191. The Bertz CT molecular complexity index is 195. The van der Waals surface area contributed by atoms with Gasteiger partial charge in [0.15, 0.2) is 0 Å². The summed E-state index contributed by atoms with van der Waals surface area (Å²) in [7, 11) is 0. The van der Waals surface area contributed by atoms with Crippen molar-refractivity contribution < 1.29 is 0 Å². The van der Waals surface area contributed by atoms with Crippen molar-refractivity contribution in [3.05, 3.63) is 21.8 Å². The second kappa shape index (κ2) is 3.56. The first-order valence-corrected chi connectivity index (χ1v) is 6.11. The number of alkyl halides is 2. The van der Waals surface area contributed by atoms with E-state index in [0.717, 1.165) is 0 Å². The third-order valence-electron chi connectivity index (χ3n) is 1.24. The van der Waals surface area contributed by atoms with Crippen LogP contribution in [0.1, 0.15) is 0 Å². The highest BCUT2D eigenvalue weighted by atomic mass is 127. The van der Waals surface area contributed by atoms with Gasteiger partial charge in [0.25, 0.3) is 0 Å². The Kier molecular flexibility index (Phi) is 3.46. The second-order valence-corrected chi connectivity index (χ2v) is 6.46. The summed E-state index contributed by atoms with van der Waals surface area (Å²) in [6.07, 6.45) is 6.15. The highest BCUT2D eigenvalue weighted by molar-refractivity contribution is 14.1. The van der Waals surface area contributed by atoms with Crippen LogP contribution in [0.15, 0.2) is 21.8 Å². The monoisotopic (exact) mass is 473 g/mol. The zero-order chi connectivity index (χ0) is 7.78. The number of allylic oxidation sites excluding steroid dienone is 2. The first kappa shape index (κ1) is 9.72. The number of hydrogen-bond acceptors (Lipinski definition) is 1. The van der Waals surface area contributed by atoms with E-state index in [2.05, 4.69) is 73.8 Å². The lowest BCUT2D eigenvalue weighted by molar-refractivity contribution is 0.827. The molecule has 1 aliphatic carbocycles. The van der Waals surface area contributed by atoms with Gasteiger partial charge in [-0.05, 0) is 22.6 Å². The molecule has 0 aromatic carbocycles. The molecule has 0 bridgehead atoms. The van der Waals surface area contributed by atoms with Crippen molar-refractivity contribution >= 4 is 67.8 Å². The van der Waals surface area contributed by atoms with E-state index in [4.69, 9.17) is 5.73 Å². The minimum atomic E-state index is -0.191. The molecular formula is C6H6I3N. The molecule has 0 aliphatic heterocycles. The van der Waals surface area contributed by atoms with Crippen LogP contribution in [0.2, 0.25) is 0 Å². The van der Waals surface area contributed by atoms with Crippen LogP contribution in [0.5, 0.6) is 0 Å². The van der Waals surface area contributed by atoms with E-state index in [0.29, 0.717) is 3.92 Å². The smallest absolute Gasteiger partial charge is 0.103 e. The van der Waals surface area contributed by atoms with Gasteiger partial charge in [0.05, 0.1) is 3.92 Å². The molecule has 10 heavy (non-hydrogen) atoms. The Labute approximate surface area is 101 Å². The molecule has 0 aromatic rings. The summed E-state index contributed by atoms with van der Waals surface area (Å²) in [6, 6.07) is 0. The van der Waals surface area contributed by atoms with E-state index in [1.165, 1.54) is 3.58 Å². The molecule has 1 aliphatic rings. The third kappa shape index (κ3) is 2.07. The molecule has 0 fully saturated rings. The summed E-state index contributed by atoms with van der Waals surface area (Å²) < 4.78 is 1.54. The van der Waals surface area contributed by atoms with Gasteiger partial charge in [-0.1, -0.05) is 63.4 Å². The Hall–Kier alpha value is 1.63. The zero-order valence-corrected chi connectivity index (χ0v) is 11.5. The normalized spacial score (nSPS) is 39.6. The second-order valence-electron chi connectivity index (χ2n) is 2.10. The SMILES string of the molecule is NC1(I)C=CC=C(I)C1I. The minimum Gasteiger partial charge on any atom is -0.313 e. The van der Waals surface area contributed by atoms with Gasteiger partial charge in [0, 0.05) is 3.58 Å². The molecule has 0 radical (unpaired) electrons. The van der Waals surface area contributed by atoms with Gasteiger partial charge >= 0.3 is 0 Å². The summed E-state index contributed by atoms with van der Waals surface area (Å²) in [5, 5.41) is 0. The highest BCUT2D eigenvalue weighted by Crippen LogP contribution is 2.36.